The van der Waals surface area contributed by atoms with Crippen LogP contribution in [-0.2, 0) is 6.54 Å². The van der Waals surface area contributed by atoms with Gasteiger partial charge in [0.25, 0.3) is 0 Å². The minimum absolute atomic E-state index is 0.797. The van der Waals surface area contributed by atoms with Gasteiger partial charge in [-0.1, -0.05) is 36.4 Å². The first-order valence-corrected chi connectivity index (χ1v) is 7.12. The zero-order chi connectivity index (χ0) is 12.9. The Labute approximate surface area is 114 Å². The molecule has 1 aromatic carbocycles. The van der Waals surface area contributed by atoms with Gasteiger partial charge in [0.05, 0.1) is 11.2 Å². The number of benzene rings is 1. The van der Waals surface area contributed by atoms with E-state index < -0.39 is 0 Å². The molecule has 98 valence electrons. The lowest BCUT2D eigenvalue weighted by molar-refractivity contribution is 0.439. The van der Waals surface area contributed by atoms with Crippen molar-refractivity contribution in [1.29, 1.82) is 0 Å². The first-order valence-electron chi connectivity index (χ1n) is 7.12. The number of para-hydroxylation sites is 1. The van der Waals surface area contributed by atoms with Crippen molar-refractivity contribution in [2.24, 2.45) is 5.92 Å². The van der Waals surface area contributed by atoms with Crippen LogP contribution in [0, 0.1) is 5.92 Å². The van der Waals surface area contributed by atoms with Gasteiger partial charge in [0, 0.05) is 11.9 Å². The first-order chi connectivity index (χ1) is 9.42. The van der Waals surface area contributed by atoms with Crippen LogP contribution in [0.15, 0.2) is 48.6 Å². The monoisotopic (exact) mass is 252 g/mol. The van der Waals surface area contributed by atoms with Crippen molar-refractivity contribution in [3.8, 4) is 0 Å². The van der Waals surface area contributed by atoms with Crippen molar-refractivity contribution < 1.29 is 0 Å². The summed E-state index contributed by atoms with van der Waals surface area (Å²) in [7, 11) is 0. The number of rotatable bonds is 4. The Balaban J connectivity index is 1.57. The molecule has 1 aliphatic carbocycles. The molecule has 1 aliphatic rings. The van der Waals surface area contributed by atoms with Crippen LogP contribution < -0.4 is 5.32 Å². The molecule has 3 rings (SSSR count). The lowest BCUT2D eigenvalue weighted by Crippen LogP contribution is -2.23. The number of allylic oxidation sites excluding steroid dienone is 2. The number of pyridine rings is 1. The van der Waals surface area contributed by atoms with Gasteiger partial charge in [-0.25, -0.2) is 0 Å². The Morgan fingerprint density at radius 1 is 1.11 bits per heavy atom. The number of hydrogen-bond donors (Lipinski definition) is 1. The summed E-state index contributed by atoms with van der Waals surface area (Å²) in [5.41, 5.74) is 2.22. The number of fused-ring (bicyclic) bond motifs is 1. The molecule has 2 nitrogen and oxygen atoms in total. The zero-order valence-electron chi connectivity index (χ0n) is 11.2. The average molecular weight is 252 g/mol. The van der Waals surface area contributed by atoms with Gasteiger partial charge in [-0.3, -0.25) is 4.98 Å². The van der Waals surface area contributed by atoms with Crippen molar-refractivity contribution >= 4 is 10.9 Å². The van der Waals surface area contributed by atoms with Crippen molar-refractivity contribution in [3.05, 3.63) is 54.2 Å². The molecule has 0 radical (unpaired) electrons. The van der Waals surface area contributed by atoms with Gasteiger partial charge in [-0.2, -0.15) is 0 Å². The highest BCUT2D eigenvalue weighted by molar-refractivity contribution is 5.78. The fraction of sp³-hybridized carbons (Fsp3) is 0.353. The van der Waals surface area contributed by atoms with E-state index in [4.69, 9.17) is 0 Å². The van der Waals surface area contributed by atoms with Crippen molar-refractivity contribution in [2.45, 2.75) is 25.8 Å². The van der Waals surface area contributed by atoms with Crippen LogP contribution in [0.5, 0.6) is 0 Å². The second-order valence-corrected chi connectivity index (χ2v) is 5.28. The molecule has 2 aromatic rings. The summed E-state index contributed by atoms with van der Waals surface area (Å²) in [4.78, 5) is 4.68. The minimum atomic E-state index is 0.797. The van der Waals surface area contributed by atoms with Crippen molar-refractivity contribution in [3.63, 3.8) is 0 Å². The zero-order valence-corrected chi connectivity index (χ0v) is 11.2. The second kappa shape index (κ2) is 5.98. The predicted octanol–water partition coefficient (Wildman–Crippen LogP) is 3.68. The molecule has 0 saturated carbocycles. The maximum absolute atomic E-state index is 4.68. The van der Waals surface area contributed by atoms with E-state index in [1.807, 2.05) is 6.07 Å². The fourth-order valence-electron chi connectivity index (χ4n) is 2.65. The molecule has 1 heterocycles. The second-order valence-electron chi connectivity index (χ2n) is 5.28. The summed E-state index contributed by atoms with van der Waals surface area (Å²) in [5.74, 6) is 0.797. The van der Waals surface area contributed by atoms with E-state index in [2.05, 4.69) is 52.8 Å². The Kier molecular flexibility index (Phi) is 3.89. The molecule has 1 unspecified atom stereocenters. The van der Waals surface area contributed by atoms with E-state index in [1.165, 1.54) is 24.6 Å². The molecule has 0 aliphatic heterocycles. The molecule has 19 heavy (non-hydrogen) atoms. The van der Waals surface area contributed by atoms with Crippen LogP contribution in [0.3, 0.4) is 0 Å². The maximum atomic E-state index is 4.68. The molecule has 0 bridgehead atoms. The van der Waals surface area contributed by atoms with E-state index in [9.17, 15) is 0 Å². The average Bonchev–Trinajstić information content (AvgIpc) is 2.48. The fourth-order valence-corrected chi connectivity index (χ4v) is 2.65. The van der Waals surface area contributed by atoms with Gasteiger partial charge in [-0.15, -0.1) is 0 Å². The first kappa shape index (κ1) is 12.4. The third-order valence-electron chi connectivity index (χ3n) is 3.77. The molecule has 0 amide bonds. The minimum Gasteiger partial charge on any atom is -0.311 e. The largest absolute Gasteiger partial charge is 0.311 e. The number of hydrogen-bond acceptors (Lipinski definition) is 2. The molecule has 1 N–H and O–H groups in total. The molecule has 1 atom stereocenters. The summed E-state index contributed by atoms with van der Waals surface area (Å²) in [5, 5.41) is 4.75. The highest BCUT2D eigenvalue weighted by Gasteiger charge is 2.09. The van der Waals surface area contributed by atoms with Crippen molar-refractivity contribution in [2.75, 3.05) is 6.54 Å². The Morgan fingerprint density at radius 3 is 2.95 bits per heavy atom. The number of nitrogens with zero attached hydrogens (tertiary/aromatic N) is 1. The standard InChI is InChI=1S/C17H20N2/c1-2-6-14(7-3-1)12-18-13-16-11-10-15-8-4-5-9-17(15)19-16/h1-2,4-5,8-11,14,18H,3,6-7,12-13H2. The third-order valence-corrected chi connectivity index (χ3v) is 3.77. The van der Waals surface area contributed by atoms with Gasteiger partial charge in [-0.05, 0) is 43.9 Å². The molecular weight excluding hydrogens is 232 g/mol. The summed E-state index contributed by atoms with van der Waals surface area (Å²) < 4.78 is 0. The van der Waals surface area contributed by atoms with Crippen LogP contribution in [-0.4, -0.2) is 11.5 Å². The van der Waals surface area contributed by atoms with E-state index in [0.717, 1.165) is 30.2 Å². The maximum Gasteiger partial charge on any atom is 0.0705 e. The molecule has 2 heteroatoms. The van der Waals surface area contributed by atoms with Gasteiger partial charge in [0.1, 0.15) is 0 Å². The summed E-state index contributed by atoms with van der Waals surface area (Å²) in [6.07, 6.45) is 8.37. The van der Waals surface area contributed by atoms with Crippen LogP contribution in [0.4, 0.5) is 0 Å². The quantitative estimate of drug-likeness (QED) is 0.840. The van der Waals surface area contributed by atoms with Gasteiger partial charge >= 0.3 is 0 Å². The highest BCUT2D eigenvalue weighted by Crippen LogP contribution is 2.17. The topological polar surface area (TPSA) is 24.9 Å². The lowest BCUT2D eigenvalue weighted by atomic mass is 9.94. The summed E-state index contributed by atoms with van der Waals surface area (Å²) >= 11 is 0. The van der Waals surface area contributed by atoms with Gasteiger partial charge < -0.3 is 5.32 Å². The Bertz CT molecular complexity index is 574. The molecule has 0 fully saturated rings. The third kappa shape index (κ3) is 3.21. The lowest BCUT2D eigenvalue weighted by Gasteiger charge is -2.18. The van der Waals surface area contributed by atoms with Crippen LogP contribution >= 0.6 is 0 Å². The normalized spacial score (nSPS) is 18.8. The SMILES string of the molecule is C1=CCC(CNCc2ccc3ccccc3n2)CC1. The summed E-state index contributed by atoms with van der Waals surface area (Å²) in [6, 6.07) is 12.6. The summed E-state index contributed by atoms with van der Waals surface area (Å²) in [6.45, 7) is 1.96. The van der Waals surface area contributed by atoms with Gasteiger partial charge in [0.2, 0.25) is 0 Å². The van der Waals surface area contributed by atoms with Crippen molar-refractivity contribution in [1.82, 2.24) is 10.3 Å². The van der Waals surface area contributed by atoms with E-state index in [-0.39, 0.29) is 0 Å². The predicted molar refractivity (Wildman–Crippen MR) is 79.9 cm³/mol. The van der Waals surface area contributed by atoms with Crippen LogP contribution in [0.25, 0.3) is 10.9 Å². The Hall–Kier alpha value is -1.67. The van der Waals surface area contributed by atoms with Gasteiger partial charge in [0.15, 0.2) is 0 Å². The van der Waals surface area contributed by atoms with Crippen LogP contribution in [0.2, 0.25) is 0 Å². The molecule has 0 spiro atoms. The Morgan fingerprint density at radius 2 is 2.05 bits per heavy atom. The molecular formula is C17H20N2. The van der Waals surface area contributed by atoms with Crippen LogP contribution in [0.1, 0.15) is 25.0 Å². The molecule has 1 aromatic heterocycles. The van der Waals surface area contributed by atoms with E-state index in [1.54, 1.807) is 0 Å². The van der Waals surface area contributed by atoms with E-state index >= 15 is 0 Å². The molecule has 0 saturated heterocycles. The van der Waals surface area contributed by atoms with E-state index in [0.29, 0.717) is 0 Å². The number of nitrogens with one attached hydrogen (secondary N) is 1. The highest BCUT2D eigenvalue weighted by atomic mass is 14.9. The smallest absolute Gasteiger partial charge is 0.0705 e. The number of aromatic nitrogens is 1.